The van der Waals surface area contributed by atoms with Gasteiger partial charge in [0, 0.05) is 49.4 Å². The first-order valence-electron chi connectivity index (χ1n) is 9.80. The van der Waals surface area contributed by atoms with Crippen LogP contribution in [0.5, 0.6) is 0 Å². The first kappa shape index (κ1) is 21.5. The third-order valence-electron chi connectivity index (χ3n) is 5.06. The SMILES string of the molecule is C=CCN1CCN(CC2=C(C(=O)OCC)C(c3cccc(Br)c3)NC(=O)N2)CC1. The molecule has 1 aromatic rings. The molecule has 2 aliphatic rings. The molecule has 7 nitrogen and oxygen atoms in total. The Morgan fingerprint density at radius 1 is 1.31 bits per heavy atom. The number of esters is 1. The lowest BCUT2D eigenvalue weighted by Crippen LogP contribution is -2.51. The molecule has 1 saturated heterocycles. The number of rotatable bonds is 7. The first-order valence-corrected chi connectivity index (χ1v) is 10.6. The average Bonchev–Trinajstić information content (AvgIpc) is 2.69. The summed E-state index contributed by atoms with van der Waals surface area (Å²) >= 11 is 3.46. The maximum absolute atomic E-state index is 12.8. The van der Waals surface area contributed by atoms with Gasteiger partial charge in [0.1, 0.15) is 0 Å². The molecule has 2 N–H and O–H groups in total. The van der Waals surface area contributed by atoms with Gasteiger partial charge >= 0.3 is 12.0 Å². The number of carbonyl (C=O) groups is 2. The molecule has 2 aliphatic heterocycles. The summed E-state index contributed by atoms with van der Waals surface area (Å²) in [6.07, 6.45) is 1.91. The smallest absolute Gasteiger partial charge is 0.338 e. The fourth-order valence-corrected chi connectivity index (χ4v) is 4.08. The monoisotopic (exact) mass is 462 g/mol. The van der Waals surface area contributed by atoms with Gasteiger partial charge in [0.15, 0.2) is 0 Å². The Kier molecular flexibility index (Phi) is 7.46. The second-order valence-corrected chi connectivity index (χ2v) is 7.98. The standard InChI is InChI=1S/C21H27BrN4O3/c1-3-8-25-9-11-26(12-10-25)14-17-18(20(27)29-4-2)19(24-21(28)23-17)15-6-5-7-16(22)13-15/h3,5-7,13,19H,1,4,8-12,14H2,2H3,(H2,23,24,28). The van der Waals surface area contributed by atoms with Crippen molar-refractivity contribution < 1.29 is 14.3 Å². The average molecular weight is 463 g/mol. The largest absolute Gasteiger partial charge is 0.463 e. The molecule has 0 spiro atoms. The van der Waals surface area contributed by atoms with Gasteiger partial charge in [-0.25, -0.2) is 9.59 Å². The van der Waals surface area contributed by atoms with E-state index in [9.17, 15) is 9.59 Å². The van der Waals surface area contributed by atoms with E-state index in [1.54, 1.807) is 6.92 Å². The highest BCUT2D eigenvalue weighted by molar-refractivity contribution is 9.10. The minimum Gasteiger partial charge on any atom is -0.463 e. The van der Waals surface area contributed by atoms with Gasteiger partial charge in [0.2, 0.25) is 0 Å². The van der Waals surface area contributed by atoms with Crippen molar-refractivity contribution in [3.05, 3.63) is 58.2 Å². The zero-order chi connectivity index (χ0) is 20.8. The number of nitrogens with zero attached hydrogens (tertiary/aromatic N) is 2. The second kappa shape index (κ2) is 10.0. The molecule has 2 heterocycles. The van der Waals surface area contributed by atoms with Crippen LogP contribution < -0.4 is 10.6 Å². The van der Waals surface area contributed by atoms with E-state index in [0.29, 0.717) is 17.8 Å². The van der Waals surface area contributed by atoms with Crippen molar-refractivity contribution in [2.45, 2.75) is 13.0 Å². The topological polar surface area (TPSA) is 73.9 Å². The lowest BCUT2D eigenvalue weighted by Gasteiger charge is -2.36. The summed E-state index contributed by atoms with van der Waals surface area (Å²) in [6, 6.07) is 6.71. The van der Waals surface area contributed by atoms with Crippen LogP contribution in [0.25, 0.3) is 0 Å². The molecule has 1 atom stereocenters. The van der Waals surface area contributed by atoms with Gasteiger partial charge in [-0.05, 0) is 24.6 Å². The van der Waals surface area contributed by atoms with Crippen molar-refractivity contribution in [1.82, 2.24) is 20.4 Å². The van der Waals surface area contributed by atoms with Crippen molar-refractivity contribution in [1.29, 1.82) is 0 Å². The van der Waals surface area contributed by atoms with Crippen molar-refractivity contribution >= 4 is 27.9 Å². The predicted octanol–water partition coefficient (Wildman–Crippen LogP) is 2.42. The highest BCUT2D eigenvalue weighted by atomic mass is 79.9. The number of hydrogen-bond donors (Lipinski definition) is 2. The van der Waals surface area contributed by atoms with Gasteiger partial charge in [-0.1, -0.05) is 34.1 Å². The van der Waals surface area contributed by atoms with E-state index >= 15 is 0 Å². The molecule has 29 heavy (non-hydrogen) atoms. The van der Waals surface area contributed by atoms with Crippen molar-refractivity contribution in [2.24, 2.45) is 0 Å². The number of carbonyl (C=O) groups excluding carboxylic acids is 2. The normalized spacial score (nSPS) is 20.8. The van der Waals surface area contributed by atoms with E-state index in [0.717, 1.165) is 42.8 Å². The van der Waals surface area contributed by atoms with Crippen LogP contribution in [-0.2, 0) is 9.53 Å². The van der Waals surface area contributed by atoms with E-state index < -0.39 is 12.0 Å². The number of ether oxygens (including phenoxy) is 1. The third kappa shape index (κ3) is 5.46. The molecule has 1 aromatic carbocycles. The quantitative estimate of drug-likeness (QED) is 0.480. The zero-order valence-corrected chi connectivity index (χ0v) is 18.2. The lowest BCUT2D eigenvalue weighted by molar-refractivity contribution is -0.139. The molecule has 0 aliphatic carbocycles. The highest BCUT2D eigenvalue weighted by Crippen LogP contribution is 2.29. The summed E-state index contributed by atoms with van der Waals surface area (Å²) in [5.74, 6) is -0.412. The maximum atomic E-state index is 12.8. The predicted molar refractivity (Wildman–Crippen MR) is 115 cm³/mol. The third-order valence-corrected chi connectivity index (χ3v) is 5.56. The Labute approximate surface area is 179 Å². The number of halogens is 1. The summed E-state index contributed by atoms with van der Waals surface area (Å²) in [6.45, 7) is 10.8. The first-order chi connectivity index (χ1) is 14.0. The van der Waals surface area contributed by atoms with Crippen LogP contribution in [0, 0.1) is 0 Å². The Morgan fingerprint density at radius 3 is 2.69 bits per heavy atom. The van der Waals surface area contributed by atoms with Gasteiger partial charge in [-0.2, -0.15) is 0 Å². The minimum absolute atomic E-state index is 0.273. The maximum Gasteiger partial charge on any atom is 0.338 e. The van der Waals surface area contributed by atoms with Crippen LogP contribution in [0.4, 0.5) is 4.79 Å². The number of piperazine rings is 1. The Balaban J connectivity index is 1.88. The second-order valence-electron chi connectivity index (χ2n) is 7.06. The number of nitrogens with one attached hydrogen (secondary N) is 2. The fraction of sp³-hybridized carbons (Fsp3) is 0.429. The molecule has 0 saturated carbocycles. The Morgan fingerprint density at radius 2 is 2.03 bits per heavy atom. The van der Waals surface area contributed by atoms with Crippen molar-refractivity contribution in [2.75, 3.05) is 45.9 Å². The molecule has 0 bridgehead atoms. The van der Waals surface area contributed by atoms with Crippen molar-refractivity contribution in [3.63, 3.8) is 0 Å². The Bertz CT molecular complexity index is 803. The van der Waals surface area contributed by atoms with Gasteiger partial charge in [0.25, 0.3) is 0 Å². The molecule has 2 amide bonds. The fourth-order valence-electron chi connectivity index (χ4n) is 3.66. The van der Waals surface area contributed by atoms with Gasteiger partial charge in [0.05, 0.1) is 18.2 Å². The van der Waals surface area contributed by atoms with Gasteiger partial charge < -0.3 is 15.4 Å². The molecule has 8 heteroatoms. The molecule has 1 unspecified atom stereocenters. The van der Waals surface area contributed by atoms with Gasteiger partial charge in [-0.3, -0.25) is 9.80 Å². The summed E-state index contributed by atoms with van der Waals surface area (Å²) in [5.41, 5.74) is 1.89. The molecular formula is C21H27BrN4O3. The van der Waals surface area contributed by atoms with E-state index in [-0.39, 0.29) is 12.6 Å². The molecule has 0 radical (unpaired) electrons. The number of amides is 2. The number of benzene rings is 1. The van der Waals surface area contributed by atoms with Crippen LogP contribution in [0.3, 0.4) is 0 Å². The molecular weight excluding hydrogens is 436 g/mol. The summed E-state index contributed by atoms with van der Waals surface area (Å²) < 4.78 is 6.21. The number of hydrogen-bond acceptors (Lipinski definition) is 5. The minimum atomic E-state index is -0.558. The summed E-state index contributed by atoms with van der Waals surface area (Å²) in [4.78, 5) is 29.8. The van der Waals surface area contributed by atoms with E-state index in [2.05, 4.69) is 42.9 Å². The highest BCUT2D eigenvalue weighted by Gasteiger charge is 2.34. The van der Waals surface area contributed by atoms with Crippen LogP contribution in [0.15, 0.2) is 52.7 Å². The number of urea groups is 1. The zero-order valence-electron chi connectivity index (χ0n) is 16.6. The summed E-state index contributed by atoms with van der Waals surface area (Å²) in [5, 5.41) is 5.72. The molecule has 156 valence electrons. The van der Waals surface area contributed by atoms with Crippen LogP contribution in [0.2, 0.25) is 0 Å². The molecule has 0 aromatic heterocycles. The van der Waals surface area contributed by atoms with Crippen molar-refractivity contribution in [3.8, 4) is 0 Å². The molecule has 3 rings (SSSR count). The van der Waals surface area contributed by atoms with E-state index in [4.69, 9.17) is 4.74 Å². The van der Waals surface area contributed by atoms with Crippen LogP contribution in [0.1, 0.15) is 18.5 Å². The van der Waals surface area contributed by atoms with Crippen LogP contribution in [-0.4, -0.2) is 67.7 Å². The van der Waals surface area contributed by atoms with E-state index in [1.807, 2.05) is 30.3 Å². The molecule has 1 fully saturated rings. The van der Waals surface area contributed by atoms with E-state index in [1.165, 1.54) is 0 Å². The summed E-state index contributed by atoms with van der Waals surface area (Å²) in [7, 11) is 0. The lowest BCUT2D eigenvalue weighted by atomic mass is 9.95. The van der Waals surface area contributed by atoms with Gasteiger partial charge in [-0.15, -0.1) is 6.58 Å². The Hall–Kier alpha value is -2.16. The van der Waals surface area contributed by atoms with Crippen LogP contribution >= 0.6 is 15.9 Å².